The lowest BCUT2D eigenvalue weighted by Crippen LogP contribution is -2.41. The molecular formula is C32H37Cl2F3N2O3. The van der Waals surface area contributed by atoms with E-state index in [1.807, 2.05) is 47.4 Å². The van der Waals surface area contributed by atoms with Crippen LogP contribution in [0.3, 0.4) is 0 Å². The Balaban J connectivity index is 0.00000484. The van der Waals surface area contributed by atoms with E-state index in [0.29, 0.717) is 76.7 Å². The smallest absolute Gasteiger partial charge is 0.417 e. The Kier molecular flexibility index (Phi) is 13.0. The van der Waals surface area contributed by atoms with Crippen LogP contribution in [0.25, 0.3) is 0 Å². The van der Waals surface area contributed by atoms with Crippen LogP contribution < -0.4 is 4.74 Å². The van der Waals surface area contributed by atoms with Crippen LogP contribution in [0.4, 0.5) is 13.2 Å². The second-order valence-electron chi connectivity index (χ2n) is 10.3. The number of carbonyl (C=O) groups excluding carboxylic acids is 1. The zero-order valence-electron chi connectivity index (χ0n) is 23.6. The molecule has 3 aromatic rings. The van der Waals surface area contributed by atoms with Crippen molar-refractivity contribution >= 4 is 29.9 Å². The first-order valence-electron chi connectivity index (χ1n) is 13.9. The number of rotatable bonds is 12. The molecule has 1 aliphatic heterocycles. The average Bonchev–Trinajstić information content (AvgIpc) is 2.96. The third-order valence-corrected chi connectivity index (χ3v) is 7.63. The molecule has 42 heavy (non-hydrogen) atoms. The molecule has 1 fully saturated rings. The summed E-state index contributed by atoms with van der Waals surface area (Å²) in [6, 6.07) is 21.6. The van der Waals surface area contributed by atoms with Crippen LogP contribution in [0.5, 0.6) is 5.75 Å². The quantitative estimate of drug-likeness (QED) is 0.199. The van der Waals surface area contributed by atoms with Crippen molar-refractivity contribution in [1.82, 2.24) is 9.80 Å². The van der Waals surface area contributed by atoms with Gasteiger partial charge in [0.2, 0.25) is 5.91 Å². The standard InChI is InChI=1S/C32H36ClF3N2O3.ClH/c1-24(26-9-3-2-4-10-26)22-37(23-27-11-6-13-29(31(27)33)32(34,35)36)14-7-17-41-28-12-5-8-25(20-28)21-30(39)38-15-18-40-19-16-38;/h2-6,8-13,20,24H,7,14-19,21-23H2,1H3;1H/t24-;/m1./s1. The summed E-state index contributed by atoms with van der Waals surface area (Å²) in [6.45, 7) is 6.43. The molecule has 0 unspecified atom stereocenters. The van der Waals surface area contributed by atoms with E-state index in [0.717, 1.165) is 17.2 Å². The van der Waals surface area contributed by atoms with Gasteiger partial charge in [-0.15, -0.1) is 12.4 Å². The number of morpholine rings is 1. The van der Waals surface area contributed by atoms with Crippen molar-refractivity contribution < 1.29 is 27.4 Å². The van der Waals surface area contributed by atoms with E-state index in [1.165, 1.54) is 6.07 Å². The molecule has 228 valence electrons. The van der Waals surface area contributed by atoms with Crippen molar-refractivity contribution in [3.63, 3.8) is 0 Å². The van der Waals surface area contributed by atoms with Gasteiger partial charge in [-0.1, -0.05) is 73.1 Å². The average molecular weight is 626 g/mol. The first-order valence-corrected chi connectivity index (χ1v) is 14.3. The first-order chi connectivity index (χ1) is 19.7. The van der Waals surface area contributed by atoms with E-state index >= 15 is 0 Å². The highest BCUT2D eigenvalue weighted by Gasteiger charge is 2.34. The van der Waals surface area contributed by atoms with Gasteiger partial charge < -0.3 is 14.4 Å². The third kappa shape index (κ3) is 9.90. The maximum Gasteiger partial charge on any atom is 0.417 e. The summed E-state index contributed by atoms with van der Waals surface area (Å²) in [5.41, 5.74) is 1.67. The van der Waals surface area contributed by atoms with Crippen LogP contribution in [0.2, 0.25) is 5.02 Å². The van der Waals surface area contributed by atoms with E-state index in [4.69, 9.17) is 21.1 Å². The minimum atomic E-state index is -4.51. The van der Waals surface area contributed by atoms with Crippen molar-refractivity contribution in [3.8, 4) is 5.75 Å². The Morgan fingerprint density at radius 3 is 2.48 bits per heavy atom. The second-order valence-corrected chi connectivity index (χ2v) is 10.7. The summed E-state index contributed by atoms with van der Waals surface area (Å²) < 4.78 is 51.7. The highest BCUT2D eigenvalue weighted by molar-refractivity contribution is 6.32. The molecule has 1 heterocycles. The molecule has 10 heteroatoms. The van der Waals surface area contributed by atoms with Crippen molar-refractivity contribution in [1.29, 1.82) is 0 Å². The first kappa shape index (κ1) is 33.7. The monoisotopic (exact) mass is 624 g/mol. The summed E-state index contributed by atoms with van der Waals surface area (Å²) in [5, 5.41) is -0.253. The summed E-state index contributed by atoms with van der Waals surface area (Å²) in [7, 11) is 0. The molecule has 0 saturated carbocycles. The van der Waals surface area contributed by atoms with Gasteiger partial charge in [0.05, 0.1) is 36.8 Å². The van der Waals surface area contributed by atoms with E-state index in [2.05, 4.69) is 24.0 Å². The molecule has 0 radical (unpaired) electrons. The van der Waals surface area contributed by atoms with Gasteiger partial charge >= 0.3 is 6.18 Å². The molecule has 0 aromatic heterocycles. The second kappa shape index (κ2) is 16.2. The van der Waals surface area contributed by atoms with Crippen LogP contribution in [0, 0.1) is 0 Å². The number of halogens is 5. The molecule has 5 nitrogen and oxygen atoms in total. The highest BCUT2D eigenvalue weighted by atomic mass is 35.5. The Morgan fingerprint density at radius 1 is 1.05 bits per heavy atom. The summed E-state index contributed by atoms with van der Waals surface area (Å²) >= 11 is 6.23. The van der Waals surface area contributed by atoms with Crippen molar-refractivity contribution in [2.45, 2.75) is 38.4 Å². The van der Waals surface area contributed by atoms with Crippen LogP contribution >= 0.6 is 24.0 Å². The molecule has 4 rings (SSSR count). The van der Waals surface area contributed by atoms with Gasteiger partial charge in [-0.3, -0.25) is 9.69 Å². The Hall–Kier alpha value is -2.78. The van der Waals surface area contributed by atoms with Crippen molar-refractivity contribution in [2.24, 2.45) is 0 Å². The van der Waals surface area contributed by atoms with Crippen LogP contribution in [-0.2, 0) is 28.7 Å². The van der Waals surface area contributed by atoms with Gasteiger partial charge in [0.25, 0.3) is 0 Å². The highest BCUT2D eigenvalue weighted by Crippen LogP contribution is 2.36. The van der Waals surface area contributed by atoms with Gasteiger partial charge in [0.15, 0.2) is 0 Å². The van der Waals surface area contributed by atoms with Crippen molar-refractivity contribution in [2.75, 3.05) is 46.0 Å². The molecule has 1 aliphatic rings. The lowest BCUT2D eigenvalue weighted by molar-refractivity contribution is -0.137. The molecule has 0 aliphatic carbocycles. The predicted octanol–water partition coefficient (Wildman–Crippen LogP) is 7.26. The largest absolute Gasteiger partial charge is 0.494 e. The minimum absolute atomic E-state index is 0. The molecule has 1 amide bonds. The fourth-order valence-electron chi connectivity index (χ4n) is 4.99. The molecule has 1 atom stereocenters. The summed E-state index contributed by atoms with van der Waals surface area (Å²) in [4.78, 5) is 16.5. The number of amides is 1. The summed E-state index contributed by atoms with van der Waals surface area (Å²) in [5.74, 6) is 0.923. The van der Waals surface area contributed by atoms with E-state index in [-0.39, 0.29) is 29.3 Å². The number of ether oxygens (including phenoxy) is 2. The lowest BCUT2D eigenvalue weighted by atomic mass is 10.00. The fourth-order valence-corrected chi connectivity index (χ4v) is 5.29. The van der Waals surface area contributed by atoms with Gasteiger partial charge in [0, 0.05) is 32.7 Å². The van der Waals surface area contributed by atoms with E-state index in [9.17, 15) is 18.0 Å². The van der Waals surface area contributed by atoms with Crippen LogP contribution in [0.1, 0.15) is 41.5 Å². The Morgan fingerprint density at radius 2 is 1.76 bits per heavy atom. The number of hydrogen-bond acceptors (Lipinski definition) is 4. The van der Waals surface area contributed by atoms with E-state index in [1.54, 1.807) is 6.07 Å². The van der Waals surface area contributed by atoms with Gasteiger partial charge in [-0.05, 0) is 47.2 Å². The molecule has 0 N–H and O–H groups in total. The Labute approximate surface area is 257 Å². The van der Waals surface area contributed by atoms with Gasteiger partial charge in [-0.25, -0.2) is 0 Å². The Bertz CT molecular complexity index is 1270. The zero-order chi connectivity index (χ0) is 29.2. The fraction of sp³-hybridized carbons (Fsp3) is 0.406. The number of hydrogen-bond donors (Lipinski definition) is 0. The third-order valence-electron chi connectivity index (χ3n) is 7.18. The normalized spacial score (nSPS) is 14.4. The van der Waals surface area contributed by atoms with Gasteiger partial charge in [0.1, 0.15) is 5.75 Å². The number of nitrogens with zero attached hydrogens (tertiary/aromatic N) is 2. The number of alkyl halides is 3. The molecule has 3 aromatic carbocycles. The van der Waals surface area contributed by atoms with E-state index < -0.39 is 11.7 Å². The zero-order valence-corrected chi connectivity index (χ0v) is 25.2. The van der Waals surface area contributed by atoms with Crippen molar-refractivity contribution in [3.05, 3.63) is 100 Å². The molecular weight excluding hydrogens is 588 g/mol. The predicted molar refractivity (Wildman–Crippen MR) is 161 cm³/mol. The number of carbonyl (C=O) groups is 1. The topological polar surface area (TPSA) is 42.0 Å². The molecule has 0 bridgehead atoms. The number of benzene rings is 3. The lowest BCUT2D eigenvalue weighted by Gasteiger charge is -2.27. The van der Waals surface area contributed by atoms with Gasteiger partial charge in [-0.2, -0.15) is 13.2 Å². The SMILES string of the molecule is C[C@H](CN(CCCOc1cccc(CC(=O)N2CCOCC2)c1)Cc1cccc(C(F)(F)F)c1Cl)c1ccccc1.Cl. The van der Waals surface area contributed by atoms with Crippen LogP contribution in [0.15, 0.2) is 72.8 Å². The summed E-state index contributed by atoms with van der Waals surface area (Å²) in [6.07, 6.45) is -3.54. The maximum atomic E-state index is 13.5. The van der Waals surface area contributed by atoms with Crippen LogP contribution in [-0.4, -0.2) is 61.7 Å². The molecule has 1 saturated heterocycles. The minimum Gasteiger partial charge on any atom is -0.494 e. The maximum absolute atomic E-state index is 13.5. The molecule has 0 spiro atoms.